The summed E-state index contributed by atoms with van der Waals surface area (Å²) in [6.45, 7) is 1.70. The van der Waals surface area contributed by atoms with E-state index in [0.29, 0.717) is 16.4 Å². The maximum atomic E-state index is 11.1. The average molecular weight is 328 g/mol. The van der Waals surface area contributed by atoms with Crippen molar-refractivity contribution in [3.63, 3.8) is 0 Å². The van der Waals surface area contributed by atoms with Gasteiger partial charge in [-0.15, -0.1) is 0 Å². The Balaban J connectivity index is 2.50. The largest absolute Gasteiger partial charge is 0.430 e. The molecule has 0 atom stereocenters. The van der Waals surface area contributed by atoms with Crippen molar-refractivity contribution in [2.24, 2.45) is 0 Å². The van der Waals surface area contributed by atoms with Gasteiger partial charge >= 0.3 is 5.69 Å². The minimum absolute atomic E-state index is 0.0443. The maximum Gasteiger partial charge on any atom is 0.311 e. The zero-order valence-electron chi connectivity index (χ0n) is 11.2. The number of anilines is 1. The molecule has 0 unspecified atom stereocenters. The Morgan fingerprint density at radius 2 is 2.05 bits per heavy atom. The molecule has 6 nitrogen and oxygen atoms in total. The van der Waals surface area contributed by atoms with E-state index in [1.54, 1.807) is 26.1 Å². The van der Waals surface area contributed by atoms with Crippen LogP contribution in [0.3, 0.4) is 0 Å². The van der Waals surface area contributed by atoms with E-state index >= 15 is 0 Å². The fraction of sp³-hybridized carbons (Fsp3) is 0.154. The van der Waals surface area contributed by atoms with E-state index in [2.05, 4.69) is 10.3 Å². The third-order valence-corrected chi connectivity index (χ3v) is 3.28. The summed E-state index contributed by atoms with van der Waals surface area (Å²) >= 11 is 12.0. The van der Waals surface area contributed by atoms with E-state index < -0.39 is 4.92 Å². The zero-order chi connectivity index (χ0) is 15.6. The second kappa shape index (κ2) is 6.15. The number of pyridine rings is 1. The van der Waals surface area contributed by atoms with Gasteiger partial charge in [0.05, 0.1) is 9.95 Å². The lowest BCUT2D eigenvalue weighted by molar-refractivity contribution is -0.385. The molecule has 0 aliphatic heterocycles. The van der Waals surface area contributed by atoms with E-state index in [0.717, 1.165) is 0 Å². The number of hydrogen-bond acceptors (Lipinski definition) is 5. The standard InChI is InChI=1S/C13H11Cl2N3O3/c1-7-4-3-5-10(18(19)20)11(7)21-13-9(15)6-8(14)12(16-2)17-13/h3-6H,1-2H3,(H,16,17). The van der Waals surface area contributed by atoms with E-state index in [-0.39, 0.29) is 22.3 Å². The molecule has 1 heterocycles. The molecule has 8 heteroatoms. The summed E-state index contributed by atoms with van der Waals surface area (Å²) in [7, 11) is 1.64. The van der Waals surface area contributed by atoms with Crippen molar-refractivity contribution in [1.29, 1.82) is 0 Å². The first-order chi connectivity index (χ1) is 9.93. The van der Waals surface area contributed by atoms with Gasteiger partial charge in [0.1, 0.15) is 10.8 Å². The number of nitrogens with one attached hydrogen (secondary N) is 1. The maximum absolute atomic E-state index is 11.1. The van der Waals surface area contributed by atoms with E-state index in [9.17, 15) is 10.1 Å². The van der Waals surface area contributed by atoms with Crippen LogP contribution in [-0.2, 0) is 0 Å². The predicted molar refractivity (Wildman–Crippen MR) is 81.7 cm³/mol. The van der Waals surface area contributed by atoms with Crippen LogP contribution in [0.1, 0.15) is 5.56 Å². The number of para-hydroxylation sites is 1. The molecule has 1 aromatic heterocycles. The van der Waals surface area contributed by atoms with Crippen LogP contribution in [0.15, 0.2) is 24.3 Å². The van der Waals surface area contributed by atoms with Crippen molar-refractivity contribution in [2.75, 3.05) is 12.4 Å². The minimum atomic E-state index is -0.523. The number of rotatable bonds is 4. The third kappa shape index (κ3) is 3.17. The second-order valence-corrected chi connectivity index (χ2v) is 4.95. The molecule has 0 amide bonds. The van der Waals surface area contributed by atoms with Crippen molar-refractivity contribution in [2.45, 2.75) is 6.92 Å². The van der Waals surface area contributed by atoms with Crippen molar-refractivity contribution in [1.82, 2.24) is 4.98 Å². The van der Waals surface area contributed by atoms with Crippen LogP contribution in [0, 0.1) is 17.0 Å². The lowest BCUT2D eigenvalue weighted by Crippen LogP contribution is -2.00. The van der Waals surface area contributed by atoms with Gasteiger partial charge in [-0.05, 0) is 18.6 Å². The topological polar surface area (TPSA) is 77.3 Å². The molecule has 0 saturated carbocycles. The smallest absolute Gasteiger partial charge is 0.311 e. The highest BCUT2D eigenvalue weighted by atomic mass is 35.5. The molecule has 0 fully saturated rings. The highest BCUT2D eigenvalue weighted by Gasteiger charge is 2.20. The summed E-state index contributed by atoms with van der Waals surface area (Å²) in [6, 6.07) is 6.09. The summed E-state index contributed by atoms with van der Waals surface area (Å²) in [5.74, 6) is 0.511. The van der Waals surface area contributed by atoms with Gasteiger partial charge in [-0.2, -0.15) is 4.98 Å². The fourth-order valence-electron chi connectivity index (χ4n) is 1.71. The Bertz CT molecular complexity index is 707. The van der Waals surface area contributed by atoms with Crippen LogP contribution in [0.5, 0.6) is 11.6 Å². The van der Waals surface area contributed by atoms with Crippen LogP contribution in [0.2, 0.25) is 10.0 Å². The summed E-state index contributed by atoms with van der Waals surface area (Å²) < 4.78 is 5.55. The molecule has 0 saturated heterocycles. The number of aromatic nitrogens is 1. The van der Waals surface area contributed by atoms with Gasteiger partial charge in [0, 0.05) is 13.1 Å². The van der Waals surface area contributed by atoms with Gasteiger partial charge in [-0.25, -0.2) is 0 Å². The Kier molecular flexibility index (Phi) is 4.50. The number of nitro benzene ring substituents is 1. The molecule has 0 bridgehead atoms. The van der Waals surface area contributed by atoms with Crippen molar-refractivity contribution in [3.05, 3.63) is 50.0 Å². The van der Waals surface area contributed by atoms with Gasteiger partial charge in [-0.3, -0.25) is 10.1 Å². The SMILES string of the molecule is CNc1nc(Oc2c(C)cccc2[N+](=O)[O-])c(Cl)cc1Cl. The van der Waals surface area contributed by atoms with Gasteiger partial charge < -0.3 is 10.1 Å². The van der Waals surface area contributed by atoms with Gasteiger partial charge in [0.25, 0.3) is 0 Å². The average Bonchev–Trinajstić information content (AvgIpc) is 2.43. The van der Waals surface area contributed by atoms with Crippen molar-refractivity contribution in [3.8, 4) is 11.6 Å². The lowest BCUT2D eigenvalue weighted by Gasteiger charge is -2.11. The van der Waals surface area contributed by atoms with Gasteiger partial charge in [0.15, 0.2) is 0 Å². The van der Waals surface area contributed by atoms with E-state index in [4.69, 9.17) is 27.9 Å². The molecule has 2 rings (SSSR count). The van der Waals surface area contributed by atoms with Gasteiger partial charge in [0.2, 0.25) is 11.6 Å². The van der Waals surface area contributed by atoms with Crippen molar-refractivity contribution >= 4 is 34.7 Å². The van der Waals surface area contributed by atoms with Crippen LogP contribution >= 0.6 is 23.2 Å². The first kappa shape index (κ1) is 15.3. The number of halogens is 2. The molecule has 0 radical (unpaired) electrons. The van der Waals surface area contributed by atoms with Crippen LogP contribution in [0.4, 0.5) is 11.5 Å². The van der Waals surface area contributed by atoms with Crippen LogP contribution < -0.4 is 10.1 Å². The summed E-state index contributed by atoms with van der Waals surface area (Å²) in [5.41, 5.74) is 0.442. The number of nitro groups is 1. The summed E-state index contributed by atoms with van der Waals surface area (Å²) in [4.78, 5) is 14.6. The zero-order valence-corrected chi connectivity index (χ0v) is 12.7. The molecule has 0 aliphatic carbocycles. The quantitative estimate of drug-likeness (QED) is 0.663. The first-order valence-electron chi connectivity index (χ1n) is 5.89. The number of hydrogen-bond donors (Lipinski definition) is 1. The molecule has 21 heavy (non-hydrogen) atoms. The molecule has 2 aromatic rings. The first-order valence-corrected chi connectivity index (χ1v) is 6.65. The molecule has 0 spiro atoms. The molecule has 1 N–H and O–H groups in total. The predicted octanol–water partition coefficient (Wildman–Crippen LogP) is 4.44. The lowest BCUT2D eigenvalue weighted by atomic mass is 10.2. The van der Waals surface area contributed by atoms with Crippen LogP contribution in [0.25, 0.3) is 0 Å². The van der Waals surface area contributed by atoms with E-state index in [1.807, 2.05) is 0 Å². The fourth-order valence-corrected chi connectivity index (χ4v) is 2.20. The molecular formula is C13H11Cl2N3O3. The minimum Gasteiger partial charge on any atom is -0.430 e. The Labute approximate surface area is 130 Å². The molecule has 110 valence electrons. The monoisotopic (exact) mass is 327 g/mol. The molecular weight excluding hydrogens is 317 g/mol. The van der Waals surface area contributed by atoms with Gasteiger partial charge in [-0.1, -0.05) is 35.3 Å². The second-order valence-electron chi connectivity index (χ2n) is 4.14. The number of nitrogens with zero attached hydrogens (tertiary/aromatic N) is 2. The van der Waals surface area contributed by atoms with Crippen molar-refractivity contribution < 1.29 is 9.66 Å². The normalized spacial score (nSPS) is 10.3. The highest BCUT2D eigenvalue weighted by Crippen LogP contribution is 2.38. The molecule has 0 aliphatic rings. The summed E-state index contributed by atoms with van der Waals surface area (Å²) in [6.07, 6.45) is 0. The van der Waals surface area contributed by atoms with Crippen LogP contribution in [-0.4, -0.2) is 17.0 Å². The number of ether oxygens (including phenoxy) is 1. The highest BCUT2D eigenvalue weighted by molar-refractivity contribution is 6.36. The third-order valence-electron chi connectivity index (χ3n) is 2.72. The molecule has 1 aromatic carbocycles. The summed E-state index contributed by atoms with van der Waals surface area (Å²) in [5, 5.41) is 14.3. The Morgan fingerprint density at radius 1 is 1.33 bits per heavy atom. The number of benzene rings is 1. The number of aryl methyl sites for hydroxylation is 1. The van der Waals surface area contributed by atoms with E-state index in [1.165, 1.54) is 12.1 Å². The Morgan fingerprint density at radius 3 is 2.67 bits per heavy atom. The Hall–Kier alpha value is -2.05.